The number of carbonyl (C=O) groups excluding carboxylic acids is 1. The van der Waals surface area contributed by atoms with Crippen molar-refractivity contribution < 1.29 is 23.1 Å². The molecule has 1 aromatic heterocycles. The number of aryl methyl sites for hydroxylation is 2. The Morgan fingerprint density at radius 1 is 1.13 bits per heavy atom. The number of aromatic nitrogens is 1. The largest absolute Gasteiger partial charge is 0.494 e. The normalized spacial score (nSPS) is 12.4. The zero-order chi connectivity index (χ0) is 22.9. The second-order valence-electron chi connectivity index (χ2n) is 7.59. The van der Waals surface area contributed by atoms with Crippen LogP contribution < -0.4 is 5.43 Å². The summed E-state index contributed by atoms with van der Waals surface area (Å²) in [5.74, 6) is -0.524. The Morgan fingerprint density at radius 2 is 1.77 bits per heavy atom. The molecular weight excluding hydrogens is 407 g/mol. The Balaban J connectivity index is 2.28. The molecule has 0 fully saturated rings. The summed E-state index contributed by atoms with van der Waals surface area (Å²) in [5, 5.41) is 15.5. The van der Waals surface area contributed by atoms with E-state index in [4.69, 9.17) is 0 Å². The molecule has 0 bridgehead atoms. The molecule has 8 heteroatoms. The van der Waals surface area contributed by atoms with Crippen LogP contribution in [0.3, 0.4) is 0 Å². The lowest BCUT2D eigenvalue weighted by molar-refractivity contribution is -0.137. The van der Waals surface area contributed by atoms with E-state index in [0.717, 1.165) is 23.3 Å². The summed E-state index contributed by atoms with van der Waals surface area (Å²) in [4.78, 5) is 11.8. The topological polar surface area (TPSA) is 66.6 Å². The third-order valence-electron chi connectivity index (χ3n) is 4.92. The number of rotatable bonds is 5. The number of hydrazone groups is 1. The SMILES string of the molecule is CCCC(=O)N/N=C(/C)c1c(O)n(-c2cc(C)cc(C)c2)c2cc(C(F)(F)F)ccc12. The predicted octanol–water partition coefficient (Wildman–Crippen LogP) is 5.61. The Kier molecular flexibility index (Phi) is 6.10. The fraction of sp³-hybridized carbons (Fsp3) is 0.304. The molecular formula is C23H24F3N3O2. The highest BCUT2D eigenvalue weighted by Crippen LogP contribution is 2.39. The number of hydrogen-bond donors (Lipinski definition) is 2. The van der Waals surface area contributed by atoms with Gasteiger partial charge in [-0.1, -0.05) is 19.1 Å². The van der Waals surface area contributed by atoms with Crippen molar-refractivity contribution in [2.75, 3.05) is 0 Å². The second-order valence-corrected chi connectivity index (χ2v) is 7.59. The van der Waals surface area contributed by atoms with E-state index in [9.17, 15) is 23.1 Å². The molecule has 0 aliphatic heterocycles. The Morgan fingerprint density at radius 3 is 2.35 bits per heavy atom. The van der Waals surface area contributed by atoms with Gasteiger partial charge in [0.05, 0.1) is 22.4 Å². The summed E-state index contributed by atoms with van der Waals surface area (Å²) >= 11 is 0. The Hall–Kier alpha value is -3.29. The second kappa shape index (κ2) is 8.45. The number of hydrogen-bond acceptors (Lipinski definition) is 3. The lowest BCUT2D eigenvalue weighted by Crippen LogP contribution is -2.18. The standard InChI is InChI=1S/C23H24F3N3O2/c1-5-6-20(30)28-27-15(4)21-18-8-7-16(23(24,25)26)12-19(18)29(22(21)31)17-10-13(2)9-14(3)11-17/h7-12,31H,5-6H2,1-4H3,(H,28,30)/b27-15-. The number of nitrogens with zero attached hydrogens (tertiary/aromatic N) is 2. The average molecular weight is 431 g/mol. The third kappa shape index (κ3) is 4.57. The van der Waals surface area contributed by atoms with Crippen LogP contribution in [-0.4, -0.2) is 21.3 Å². The number of halogens is 3. The van der Waals surface area contributed by atoms with E-state index in [-0.39, 0.29) is 28.6 Å². The van der Waals surface area contributed by atoms with Gasteiger partial charge in [-0.3, -0.25) is 9.36 Å². The first-order chi connectivity index (χ1) is 14.5. The van der Waals surface area contributed by atoms with E-state index in [1.165, 1.54) is 10.6 Å². The molecule has 0 atom stereocenters. The maximum absolute atomic E-state index is 13.4. The van der Waals surface area contributed by atoms with Gasteiger partial charge in [0.2, 0.25) is 11.8 Å². The minimum Gasteiger partial charge on any atom is -0.494 e. The molecule has 5 nitrogen and oxygen atoms in total. The number of amides is 1. The summed E-state index contributed by atoms with van der Waals surface area (Å²) in [6, 6.07) is 8.81. The van der Waals surface area contributed by atoms with Crippen LogP contribution in [0.2, 0.25) is 0 Å². The van der Waals surface area contributed by atoms with Gasteiger partial charge in [-0.05, 0) is 62.6 Å². The van der Waals surface area contributed by atoms with Gasteiger partial charge >= 0.3 is 6.18 Å². The third-order valence-corrected chi connectivity index (χ3v) is 4.92. The van der Waals surface area contributed by atoms with Gasteiger partial charge in [0.15, 0.2) is 0 Å². The summed E-state index contributed by atoms with van der Waals surface area (Å²) in [5.41, 5.74) is 4.70. The van der Waals surface area contributed by atoms with Gasteiger partial charge in [-0.25, -0.2) is 5.43 Å². The molecule has 0 unspecified atom stereocenters. The minimum absolute atomic E-state index is 0.196. The zero-order valence-electron chi connectivity index (χ0n) is 17.8. The summed E-state index contributed by atoms with van der Waals surface area (Å²) in [6.07, 6.45) is -3.58. The maximum Gasteiger partial charge on any atom is 0.416 e. The molecule has 2 aromatic carbocycles. The van der Waals surface area contributed by atoms with E-state index < -0.39 is 11.7 Å². The van der Waals surface area contributed by atoms with Crippen LogP contribution in [0.15, 0.2) is 41.5 Å². The number of benzene rings is 2. The van der Waals surface area contributed by atoms with Crippen LogP contribution in [0.25, 0.3) is 16.6 Å². The van der Waals surface area contributed by atoms with Gasteiger partial charge in [0, 0.05) is 17.5 Å². The molecule has 0 saturated heterocycles. The monoisotopic (exact) mass is 431 g/mol. The van der Waals surface area contributed by atoms with Gasteiger partial charge in [0.1, 0.15) is 0 Å². The predicted molar refractivity (Wildman–Crippen MR) is 115 cm³/mol. The first-order valence-corrected chi connectivity index (χ1v) is 9.89. The van der Waals surface area contributed by atoms with E-state index in [2.05, 4.69) is 10.5 Å². The number of carbonyl (C=O) groups is 1. The fourth-order valence-electron chi connectivity index (χ4n) is 3.63. The molecule has 0 radical (unpaired) electrons. The lowest BCUT2D eigenvalue weighted by atomic mass is 10.1. The highest BCUT2D eigenvalue weighted by molar-refractivity contribution is 6.13. The van der Waals surface area contributed by atoms with Crippen LogP contribution in [-0.2, 0) is 11.0 Å². The number of fused-ring (bicyclic) bond motifs is 1. The molecule has 31 heavy (non-hydrogen) atoms. The van der Waals surface area contributed by atoms with Crippen LogP contribution >= 0.6 is 0 Å². The van der Waals surface area contributed by atoms with Crippen molar-refractivity contribution in [3.8, 4) is 11.6 Å². The molecule has 3 aromatic rings. The molecule has 1 amide bonds. The first-order valence-electron chi connectivity index (χ1n) is 9.89. The van der Waals surface area contributed by atoms with E-state index in [0.29, 0.717) is 23.9 Å². The van der Waals surface area contributed by atoms with Crippen LogP contribution in [0.1, 0.15) is 48.9 Å². The number of aromatic hydroxyl groups is 1. The van der Waals surface area contributed by atoms with Crippen molar-refractivity contribution in [3.05, 3.63) is 58.7 Å². The molecule has 2 N–H and O–H groups in total. The summed E-state index contributed by atoms with van der Waals surface area (Å²) in [7, 11) is 0. The lowest BCUT2D eigenvalue weighted by Gasteiger charge is -2.11. The summed E-state index contributed by atoms with van der Waals surface area (Å²) < 4.78 is 41.5. The van der Waals surface area contributed by atoms with Gasteiger partial charge in [-0.15, -0.1) is 0 Å². The first kappa shape index (κ1) is 22.4. The summed E-state index contributed by atoms with van der Waals surface area (Å²) in [6.45, 7) is 7.19. The van der Waals surface area contributed by atoms with Gasteiger partial charge < -0.3 is 5.11 Å². The minimum atomic E-state index is -4.53. The number of alkyl halides is 3. The smallest absolute Gasteiger partial charge is 0.416 e. The van der Waals surface area contributed by atoms with Crippen molar-refractivity contribution in [1.29, 1.82) is 0 Å². The quantitative estimate of drug-likeness (QED) is 0.407. The Labute approximate surface area is 178 Å². The van der Waals surface area contributed by atoms with E-state index >= 15 is 0 Å². The van der Waals surface area contributed by atoms with Crippen molar-refractivity contribution in [1.82, 2.24) is 9.99 Å². The number of nitrogens with one attached hydrogen (secondary N) is 1. The average Bonchev–Trinajstić information content (AvgIpc) is 2.96. The van der Waals surface area contributed by atoms with E-state index in [1.807, 2.05) is 26.8 Å². The highest BCUT2D eigenvalue weighted by atomic mass is 19.4. The van der Waals surface area contributed by atoms with Crippen LogP contribution in [0.4, 0.5) is 13.2 Å². The molecule has 3 rings (SSSR count). The zero-order valence-corrected chi connectivity index (χ0v) is 17.8. The molecule has 1 heterocycles. The van der Waals surface area contributed by atoms with Crippen molar-refractivity contribution >= 4 is 22.5 Å². The van der Waals surface area contributed by atoms with Crippen LogP contribution in [0.5, 0.6) is 5.88 Å². The van der Waals surface area contributed by atoms with Crippen molar-refractivity contribution in [3.63, 3.8) is 0 Å². The fourth-order valence-corrected chi connectivity index (χ4v) is 3.63. The van der Waals surface area contributed by atoms with E-state index in [1.54, 1.807) is 19.1 Å². The molecule has 0 spiro atoms. The van der Waals surface area contributed by atoms with Gasteiger partial charge in [-0.2, -0.15) is 18.3 Å². The molecule has 0 aliphatic rings. The maximum atomic E-state index is 13.4. The highest BCUT2D eigenvalue weighted by Gasteiger charge is 2.32. The van der Waals surface area contributed by atoms with Gasteiger partial charge in [0.25, 0.3) is 0 Å². The molecule has 0 saturated carbocycles. The van der Waals surface area contributed by atoms with Crippen molar-refractivity contribution in [2.24, 2.45) is 5.10 Å². The van der Waals surface area contributed by atoms with Crippen LogP contribution in [0, 0.1) is 13.8 Å². The molecule has 0 aliphatic carbocycles. The Bertz CT molecular complexity index is 1160. The van der Waals surface area contributed by atoms with Crippen molar-refractivity contribution in [2.45, 2.75) is 46.7 Å². The molecule has 164 valence electrons.